The van der Waals surface area contributed by atoms with Crippen LogP contribution in [0, 0.1) is 0 Å². The largest absolute Gasteiger partial charge is 0.492 e. The third kappa shape index (κ3) is 1.48. The van der Waals surface area contributed by atoms with Crippen molar-refractivity contribution in [2.45, 2.75) is 12.3 Å². The molecule has 0 radical (unpaired) electrons. The number of halogens is 1. The second kappa shape index (κ2) is 3.83. The molecule has 16 heavy (non-hydrogen) atoms. The van der Waals surface area contributed by atoms with Crippen molar-refractivity contribution in [3.63, 3.8) is 0 Å². The number of aromatic amines is 1. The van der Waals surface area contributed by atoms with Crippen LogP contribution in [0.4, 0.5) is 0 Å². The highest BCUT2D eigenvalue weighted by Gasteiger charge is 2.25. The van der Waals surface area contributed by atoms with Gasteiger partial charge in [-0.3, -0.25) is 0 Å². The minimum absolute atomic E-state index is 0.262. The fourth-order valence-corrected chi connectivity index (χ4v) is 2.38. The van der Waals surface area contributed by atoms with Crippen LogP contribution >= 0.6 is 11.6 Å². The Morgan fingerprint density at radius 2 is 2.38 bits per heavy atom. The van der Waals surface area contributed by atoms with Crippen molar-refractivity contribution in [2.24, 2.45) is 0 Å². The Morgan fingerprint density at radius 1 is 1.44 bits per heavy atom. The van der Waals surface area contributed by atoms with Crippen molar-refractivity contribution in [1.82, 2.24) is 9.97 Å². The van der Waals surface area contributed by atoms with Crippen LogP contribution in [0.5, 0.6) is 5.75 Å². The van der Waals surface area contributed by atoms with Crippen LogP contribution in [-0.4, -0.2) is 16.6 Å². The molecule has 4 heteroatoms. The summed E-state index contributed by atoms with van der Waals surface area (Å²) >= 11 is 6.11. The van der Waals surface area contributed by atoms with Gasteiger partial charge in [-0.15, -0.1) is 0 Å². The third-order valence-corrected chi connectivity index (χ3v) is 3.17. The van der Waals surface area contributed by atoms with Gasteiger partial charge in [0.05, 0.1) is 11.6 Å². The summed E-state index contributed by atoms with van der Waals surface area (Å²) in [5.41, 5.74) is 1.12. The number of nitrogens with zero attached hydrogens (tertiary/aromatic N) is 1. The second-order valence-corrected chi connectivity index (χ2v) is 4.23. The molecule has 0 amide bonds. The SMILES string of the molecule is Clc1cccc2c1OCCC2c1ncc[nH]1. The van der Waals surface area contributed by atoms with E-state index in [0.29, 0.717) is 11.6 Å². The number of ether oxygens (including phenoxy) is 1. The Hall–Kier alpha value is -1.48. The van der Waals surface area contributed by atoms with E-state index >= 15 is 0 Å². The van der Waals surface area contributed by atoms with Gasteiger partial charge in [0.1, 0.15) is 11.6 Å². The van der Waals surface area contributed by atoms with Crippen LogP contribution in [0.2, 0.25) is 5.02 Å². The van der Waals surface area contributed by atoms with E-state index in [1.165, 1.54) is 0 Å². The van der Waals surface area contributed by atoms with Crippen molar-refractivity contribution in [1.29, 1.82) is 0 Å². The summed E-state index contributed by atoms with van der Waals surface area (Å²) in [7, 11) is 0. The zero-order valence-corrected chi connectivity index (χ0v) is 9.37. The maximum Gasteiger partial charge on any atom is 0.141 e. The number of hydrogen-bond acceptors (Lipinski definition) is 2. The van der Waals surface area contributed by atoms with Crippen molar-refractivity contribution >= 4 is 11.6 Å². The van der Waals surface area contributed by atoms with Gasteiger partial charge in [0.2, 0.25) is 0 Å². The van der Waals surface area contributed by atoms with E-state index in [0.717, 1.165) is 23.6 Å². The Kier molecular flexibility index (Phi) is 2.33. The van der Waals surface area contributed by atoms with Gasteiger partial charge >= 0.3 is 0 Å². The van der Waals surface area contributed by atoms with E-state index in [1.54, 1.807) is 6.20 Å². The summed E-state index contributed by atoms with van der Waals surface area (Å²) in [4.78, 5) is 7.47. The molecular weight excluding hydrogens is 224 g/mol. The first-order valence-corrected chi connectivity index (χ1v) is 5.64. The van der Waals surface area contributed by atoms with E-state index in [9.17, 15) is 0 Å². The highest BCUT2D eigenvalue weighted by atomic mass is 35.5. The second-order valence-electron chi connectivity index (χ2n) is 3.82. The molecule has 1 N–H and O–H groups in total. The van der Waals surface area contributed by atoms with Crippen LogP contribution in [0.15, 0.2) is 30.6 Å². The summed E-state index contributed by atoms with van der Waals surface area (Å²) < 4.78 is 5.61. The summed E-state index contributed by atoms with van der Waals surface area (Å²) in [5.74, 6) is 2.04. The Labute approximate surface area is 98.4 Å². The van der Waals surface area contributed by atoms with E-state index < -0.39 is 0 Å². The quantitative estimate of drug-likeness (QED) is 0.824. The Bertz CT molecular complexity index is 496. The topological polar surface area (TPSA) is 37.9 Å². The zero-order valence-electron chi connectivity index (χ0n) is 8.61. The van der Waals surface area contributed by atoms with Gasteiger partial charge in [0.25, 0.3) is 0 Å². The first kappa shape index (κ1) is 9.73. The van der Waals surface area contributed by atoms with Crippen molar-refractivity contribution in [2.75, 3.05) is 6.61 Å². The van der Waals surface area contributed by atoms with E-state index in [1.807, 2.05) is 24.4 Å². The summed E-state index contributed by atoms with van der Waals surface area (Å²) in [6.45, 7) is 0.683. The maximum absolute atomic E-state index is 6.11. The van der Waals surface area contributed by atoms with Gasteiger partial charge in [0, 0.05) is 23.9 Å². The van der Waals surface area contributed by atoms with Crippen LogP contribution < -0.4 is 4.74 Å². The van der Waals surface area contributed by atoms with Crippen LogP contribution in [0.25, 0.3) is 0 Å². The molecule has 82 valence electrons. The van der Waals surface area contributed by atoms with Gasteiger partial charge in [0.15, 0.2) is 0 Å². The maximum atomic E-state index is 6.11. The average Bonchev–Trinajstić information content (AvgIpc) is 2.82. The summed E-state index contributed by atoms with van der Waals surface area (Å²) in [6.07, 6.45) is 4.55. The minimum atomic E-state index is 0.262. The lowest BCUT2D eigenvalue weighted by Gasteiger charge is -2.25. The molecule has 1 unspecified atom stereocenters. The van der Waals surface area contributed by atoms with Gasteiger partial charge in [-0.1, -0.05) is 23.7 Å². The van der Waals surface area contributed by atoms with Gasteiger partial charge in [-0.25, -0.2) is 4.98 Å². The molecule has 1 aromatic heterocycles. The first-order valence-electron chi connectivity index (χ1n) is 5.27. The van der Waals surface area contributed by atoms with Gasteiger partial charge in [-0.05, 0) is 12.5 Å². The number of nitrogens with one attached hydrogen (secondary N) is 1. The molecule has 0 bridgehead atoms. The third-order valence-electron chi connectivity index (χ3n) is 2.88. The molecule has 2 aromatic rings. The molecule has 1 aliphatic rings. The standard InChI is InChI=1S/C12H11ClN2O/c13-10-3-1-2-8-9(4-7-16-11(8)10)12-14-5-6-15-12/h1-3,5-6,9H,4,7H2,(H,14,15). The number of rotatable bonds is 1. The molecule has 0 saturated heterocycles. The molecule has 1 aromatic carbocycles. The number of hydrogen-bond donors (Lipinski definition) is 1. The van der Waals surface area contributed by atoms with Crippen molar-refractivity contribution < 1.29 is 4.74 Å². The highest BCUT2D eigenvalue weighted by Crippen LogP contribution is 2.40. The predicted molar refractivity (Wildman–Crippen MR) is 62.0 cm³/mol. The Balaban J connectivity index is 2.10. The van der Waals surface area contributed by atoms with Crippen LogP contribution in [0.1, 0.15) is 23.7 Å². The van der Waals surface area contributed by atoms with Gasteiger partial charge < -0.3 is 9.72 Å². The average molecular weight is 235 g/mol. The summed E-state index contributed by atoms with van der Waals surface area (Å²) in [6, 6.07) is 5.85. The smallest absolute Gasteiger partial charge is 0.141 e. The predicted octanol–water partition coefficient (Wildman–Crippen LogP) is 2.98. The molecule has 0 fully saturated rings. The number of fused-ring (bicyclic) bond motifs is 1. The first-order chi connectivity index (χ1) is 7.86. The number of aromatic nitrogens is 2. The fourth-order valence-electron chi connectivity index (χ4n) is 2.14. The lowest BCUT2D eigenvalue weighted by Crippen LogP contribution is -2.16. The van der Waals surface area contributed by atoms with E-state index in [2.05, 4.69) is 9.97 Å². The number of H-pyrrole nitrogens is 1. The van der Waals surface area contributed by atoms with E-state index in [-0.39, 0.29) is 5.92 Å². The number of imidazole rings is 1. The fraction of sp³-hybridized carbons (Fsp3) is 0.250. The molecule has 3 rings (SSSR count). The number of benzene rings is 1. The van der Waals surface area contributed by atoms with Crippen LogP contribution in [-0.2, 0) is 0 Å². The molecule has 1 aliphatic heterocycles. The molecule has 0 aliphatic carbocycles. The highest BCUT2D eigenvalue weighted by molar-refractivity contribution is 6.32. The monoisotopic (exact) mass is 234 g/mol. The van der Waals surface area contributed by atoms with Gasteiger partial charge in [-0.2, -0.15) is 0 Å². The minimum Gasteiger partial charge on any atom is -0.492 e. The normalized spacial score (nSPS) is 18.9. The molecule has 0 spiro atoms. The lowest BCUT2D eigenvalue weighted by molar-refractivity contribution is 0.275. The summed E-state index contributed by atoms with van der Waals surface area (Å²) in [5, 5.41) is 0.675. The van der Waals surface area contributed by atoms with Crippen molar-refractivity contribution in [3.05, 3.63) is 47.0 Å². The van der Waals surface area contributed by atoms with Crippen molar-refractivity contribution in [3.8, 4) is 5.75 Å². The van der Waals surface area contributed by atoms with Crippen LogP contribution in [0.3, 0.4) is 0 Å². The molecular formula is C12H11ClN2O. The molecule has 0 saturated carbocycles. The lowest BCUT2D eigenvalue weighted by atomic mass is 9.92. The molecule has 1 atom stereocenters. The Morgan fingerprint density at radius 3 is 3.19 bits per heavy atom. The van der Waals surface area contributed by atoms with E-state index in [4.69, 9.17) is 16.3 Å². The number of para-hydroxylation sites is 1. The molecule has 3 nitrogen and oxygen atoms in total. The molecule has 2 heterocycles. The zero-order chi connectivity index (χ0) is 11.0.